The Hall–Kier alpha value is -4.13. The highest BCUT2D eigenvalue weighted by Crippen LogP contribution is 2.32. The van der Waals surface area contributed by atoms with Gasteiger partial charge in [0.25, 0.3) is 11.6 Å². The standard InChI is InChI=1S/C22H22N6O6S/c1-3-27-19(10-23-21(30)14-4-7-17-18(9-14)34-12-33-17)25-26-22(27)35-11-20(29)24-16-6-5-15(28(31)32)8-13(16)2/h4-9H,3,10-12H2,1-2H3,(H,23,30)(H,24,29). The Bertz CT molecular complexity index is 1290. The molecule has 13 heteroatoms. The van der Waals surface area contributed by atoms with Crippen molar-refractivity contribution in [1.29, 1.82) is 0 Å². The van der Waals surface area contributed by atoms with Gasteiger partial charge in [0.05, 0.1) is 17.2 Å². The molecule has 0 fully saturated rings. The number of thioether (sulfide) groups is 1. The quantitative estimate of drug-likeness (QED) is 0.258. The van der Waals surface area contributed by atoms with E-state index in [-0.39, 0.29) is 36.6 Å². The molecule has 1 aliphatic rings. The molecule has 2 amide bonds. The minimum absolute atomic E-state index is 0.0379. The van der Waals surface area contributed by atoms with Crippen LogP contribution in [0.25, 0.3) is 0 Å². The second kappa shape index (κ2) is 10.4. The number of benzene rings is 2. The largest absolute Gasteiger partial charge is 0.454 e. The number of carbonyl (C=O) groups excluding carboxylic acids is 2. The number of nitrogens with one attached hydrogen (secondary N) is 2. The second-order valence-electron chi connectivity index (χ2n) is 7.49. The minimum atomic E-state index is -0.485. The van der Waals surface area contributed by atoms with Crippen LogP contribution in [0.15, 0.2) is 41.6 Å². The molecule has 0 unspecified atom stereocenters. The molecule has 2 N–H and O–H groups in total. The molecule has 3 aromatic rings. The molecule has 182 valence electrons. The van der Waals surface area contributed by atoms with Gasteiger partial charge in [-0.15, -0.1) is 10.2 Å². The fourth-order valence-corrected chi connectivity index (χ4v) is 4.21. The molecule has 1 aromatic heterocycles. The minimum Gasteiger partial charge on any atom is -0.454 e. The lowest BCUT2D eigenvalue weighted by molar-refractivity contribution is -0.384. The predicted octanol–water partition coefficient (Wildman–Crippen LogP) is 2.90. The van der Waals surface area contributed by atoms with Crippen molar-refractivity contribution in [2.75, 3.05) is 17.9 Å². The van der Waals surface area contributed by atoms with Crippen LogP contribution in [0.3, 0.4) is 0 Å². The average molecular weight is 499 g/mol. The zero-order chi connectivity index (χ0) is 24.9. The number of aromatic nitrogens is 3. The van der Waals surface area contributed by atoms with Gasteiger partial charge in [-0.3, -0.25) is 19.7 Å². The maximum atomic E-state index is 12.5. The van der Waals surface area contributed by atoms with Crippen molar-refractivity contribution < 1.29 is 24.0 Å². The number of carbonyl (C=O) groups is 2. The molecule has 4 rings (SSSR count). The molecule has 2 aromatic carbocycles. The summed E-state index contributed by atoms with van der Waals surface area (Å²) in [4.78, 5) is 35.3. The molecule has 0 radical (unpaired) electrons. The highest BCUT2D eigenvalue weighted by molar-refractivity contribution is 7.99. The van der Waals surface area contributed by atoms with Crippen LogP contribution in [-0.4, -0.2) is 44.0 Å². The molecule has 0 aliphatic carbocycles. The molecule has 1 aliphatic heterocycles. The lowest BCUT2D eigenvalue weighted by Gasteiger charge is -2.10. The van der Waals surface area contributed by atoms with E-state index in [0.717, 1.165) is 0 Å². The van der Waals surface area contributed by atoms with Crippen molar-refractivity contribution in [3.63, 3.8) is 0 Å². The Labute approximate surface area is 204 Å². The molecular weight excluding hydrogens is 476 g/mol. The monoisotopic (exact) mass is 498 g/mol. The number of fused-ring (bicyclic) bond motifs is 1. The zero-order valence-corrected chi connectivity index (χ0v) is 19.8. The number of amides is 2. The van der Waals surface area contributed by atoms with Gasteiger partial charge < -0.3 is 24.7 Å². The summed E-state index contributed by atoms with van der Waals surface area (Å²) in [6.07, 6.45) is 0. The van der Waals surface area contributed by atoms with Crippen molar-refractivity contribution in [3.8, 4) is 11.5 Å². The number of nitrogens with zero attached hydrogens (tertiary/aromatic N) is 4. The van der Waals surface area contributed by atoms with E-state index in [1.807, 2.05) is 11.5 Å². The van der Waals surface area contributed by atoms with E-state index in [1.54, 1.807) is 25.1 Å². The summed E-state index contributed by atoms with van der Waals surface area (Å²) in [5, 5.41) is 25.3. The van der Waals surface area contributed by atoms with Gasteiger partial charge in [0, 0.05) is 29.9 Å². The molecule has 0 saturated heterocycles. The molecule has 0 bridgehead atoms. The first-order valence-electron chi connectivity index (χ1n) is 10.6. The number of aryl methyl sites for hydroxylation is 1. The summed E-state index contributed by atoms with van der Waals surface area (Å²) in [7, 11) is 0. The maximum Gasteiger partial charge on any atom is 0.269 e. The van der Waals surface area contributed by atoms with E-state index in [4.69, 9.17) is 9.47 Å². The molecule has 12 nitrogen and oxygen atoms in total. The summed E-state index contributed by atoms with van der Waals surface area (Å²) >= 11 is 1.20. The molecule has 0 spiro atoms. The topological polar surface area (TPSA) is 151 Å². The Balaban J connectivity index is 1.33. The van der Waals surface area contributed by atoms with Crippen LogP contribution in [0.5, 0.6) is 11.5 Å². The van der Waals surface area contributed by atoms with E-state index in [9.17, 15) is 19.7 Å². The summed E-state index contributed by atoms with van der Waals surface area (Å²) in [5.41, 5.74) is 1.49. The third kappa shape index (κ3) is 5.51. The van der Waals surface area contributed by atoms with Crippen LogP contribution in [-0.2, 0) is 17.9 Å². The summed E-state index contributed by atoms with van der Waals surface area (Å²) in [6.45, 7) is 4.44. The predicted molar refractivity (Wildman–Crippen MR) is 127 cm³/mol. The molecule has 0 saturated carbocycles. The lowest BCUT2D eigenvalue weighted by atomic mass is 10.2. The second-order valence-corrected chi connectivity index (χ2v) is 8.43. The third-order valence-electron chi connectivity index (χ3n) is 5.18. The van der Waals surface area contributed by atoms with Crippen LogP contribution in [0.1, 0.15) is 28.7 Å². The van der Waals surface area contributed by atoms with Crippen molar-refractivity contribution in [2.24, 2.45) is 0 Å². The Morgan fingerprint density at radius 1 is 1.17 bits per heavy atom. The van der Waals surface area contributed by atoms with Crippen LogP contribution >= 0.6 is 11.8 Å². The highest BCUT2D eigenvalue weighted by atomic mass is 32.2. The highest BCUT2D eigenvalue weighted by Gasteiger charge is 2.18. The Morgan fingerprint density at radius 3 is 2.71 bits per heavy atom. The first-order chi connectivity index (χ1) is 16.9. The number of nitro benzene ring substituents is 1. The van der Waals surface area contributed by atoms with Crippen LogP contribution < -0.4 is 20.1 Å². The van der Waals surface area contributed by atoms with Gasteiger partial charge in [0.1, 0.15) is 0 Å². The molecule has 35 heavy (non-hydrogen) atoms. The summed E-state index contributed by atoms with van der Waals surface area (Å²) in [6, 6.07) is 9.21. The summed E-state index contributed by atoms with van der Waals surface area (Å²) < 4.78 is 12.4. The summed E-state index contributed by atoms with van der Waals surface area (Å²) in [5.74, 6) is 1.17. The van der Waals surface area contributed by atoms with Crippen LogP contribution in [0, 0.1) is 17.0 Å². The van der Waals surface area contributed by atoms with Crippen molar-refractivity contribution in [3.05, 3.63) is 63.5 Å². The third-order valence-corrected chi connectivity index (χ3v) is 6.15. The van der Waals surface area contributed by atoms with E-state index in [1.165, 1.54) is 30.0 Å². The number of nitro groups is 1. The maximum absolute atomic E-state index is 12.5. The Morgan fingerprint density at radius 2 is 1.97 bits per heavy atom. The van der Waals surface area contributed by atoms with Gasteiger partial charge in [-0.2, -0.15) is 0 Å². The zero-order valence-electron chi connectivity index (χ0n) is 18.9. The van der Waals surface area contributed by atoms with Gasteiger partial charge in [-0.05, 0) is 43.7 Å². The average Bonchev–Trinajstić information content (AvgIpc) is 3.48. The van der Waals surface area contributed by atoms with E-state index < -0.39 is 4.92 Å². The molecule has 0 atom stereocenters. The number of anilines is 1. The van der Waals surface area contributed by atoms with Gasteiger partial charge in [0.2, 0.25) is 12.7 Å². The van der Waals surface area contributed by atoms with E-state index in [2.05, 4.69) is 20.8 Å². The van der Waals surface area contributed by atoms with Gasteiger partial charge in [-0.25, -0.2) is 0 Å². The van der Waals surface area contributed by atoms with Crippen LogP contribution in [0.4, 0.5) is 11.4 Å². The van der Waals surface area contributed by atoms with Gasteiger partial charge in [0.15, 0.2) is 22.5 Å². The van der Waals surface area contributed by atoms with Crippen molar-refractivity contribution in [1.82, 2.24) is 20.1 Å². The Kier molecular flexibility index (Phi) is 7.15. The van der Waals surface area contributed by atoms with E-state index in [0.29, 0.717) is 45.8 Å². The number of rotatable bonds is 9. The number of hydrogen-bond donors (Lipinski definition) is 2. The van der Waals surface area contributed by atoms with E-state index >= 15 is 0 Å². The first kappa shape index (κ1) is 24.0. The molecular formula is C22H22N6O6S. The fraction of sp³-hybridized carbons (Fsp3) is 0.273. The SMILES string of the molecule is CCn1c(CNC(=O)c2ccc3c(c2)OCO3)nnc1SCC(=O)Nc1ccc([N+](=O)[O-])cc1C. The number of ether oxygens (including phenoxy) is 2. The fourth-order valence-electron chi connectivity index (χ4n) is 3.39. The lowest BCUT2D eigenvalue weighted by Crippen LogP contribution is -2.24. The van der Waals surface area contributed by atoms with Crippen molar-refractivity contribution >= 4 is 35.0 Å². The number of hydrogen-bond acceptors (Lipinski definition) is 9. The first-order valence-corrected chi connectivity index (χ1v) is 11.6. The van der Waals surface area contributed by atoms with Crippen molar-refractivity contribution in [2.45, 2.75) is 32.1 Å². The van der Waals surface area contributed by atoms with Gasteiger partial charge in [-0.1, -0.05) is 11.8 Å². The normalized spacial score (nSPS) is 11.8. The van der Waals surface area contributed by atoms with Gasteiger partial charge >= 0.3 is 0 Å². The van der Waals surface area contributed by atoms with Crippen LogP contribution in [0.2, 0.25) is 0 Å². The smallest absolute Gasteiger partial charge is 0.269 e. The molecule has 2 heterocycles. The number of non-ortho nitro benzene ring substituents is 1.